The van der Waals surface area contributed by atoms with Gasteiger partial charge in [-0.25, -0.2) is 9.35 Å². The predicted octanol–water partition coefficient (Wildman–Crippen LogP) is 3.01. The second kappa shape index (κ2) is 5.46. The standard InChI is InChI=1S/C14H27N3O2SSi/c1-13(2,3)21(6,7)17-20(15,19)12-8-11(9-16-10-12)14(4,5)18/h8-10,18H,1-7H3,(H2,15,17,19). The van der Waals surface area contributed by atoms with Gasteiger partial charge in [0.2, 0.25) is 0 Å². The first-order valence-electron chi connectivity index (χ1n) is 6.91. The average Bonchev–Trinajstić information content (AvgIpc) is 2.25. The Hall–Kier alpha value is -0.763. The summed E-state index contributed by atoms with van der Waals surface area (Å²) >= 11 is 0. The number of aliphatic hydroxyl groups is 1. The van der Waals surface area contributed by atoms with Crippen molar-refractivity contribution in [2.75, 3.05) is 0 Å². The fourth-order valence-electron chi connectivity index (χ4n) is 1.44. The Bertz CT molecular complexity index is 636. The third-order valence-electron chi connectivity index (χ3n) is 3.96. The van der Waals surface area contributed by atoms with Crippen molar-refractivity contribution in [2.24, 2.45) is 9.17 Å². The van der Waals surface area contributed by atoms with E-state index in [4.69, 9.17) is 5.14 Å². The molecule has 0 aliphatic rings. The van der Waals surface area contributed by atoms with Crippen LogP contribution in [0.3, 0.4) is 0 Å². The van der Waals surface area contributed by atoms with Crippen molar-refractivity contribution in [2.45, 2.75) is 63.2 Å². The minimum Gasteiger partial charge on any atom is -0.386 e. The minimum atomic E-state index is -3.02. The molecular weight excluding hydrogens is 302 g/mol. The summed E-state index contributed by atoms with van der Waals surface area (Å²) in [6.07, 6.45) is 3.01. The molecule has 0 bridgehead atoms. The van der Waals surface area contributed by atoms with Gasteiger partial charge in [-0.2, -0.15) is 0 Å². The van der Waals surface area contributed by atoms with E-state index in [0.29, 0.717) is 10.5 Å². The van der Waals surface area contributed by atoms with Crippen molar-refractivity contribution in [3.05, 3.63) is 24.0 Å². The van der Waals surface area contributed by atoms with Crippen molar-refractivity contribution in [1.29, 1.82) is 0 Å². The highest BCUT2D eigenvalue weighted by molar-refractivity contribution is 7.92. The fraction of sp³-hybridized carbons (Fsp3) is 0.643. The smallest absolute Gasteiger partial charge is 0.195 e. The summed E-state index contributed by atoms with van der Waals surface area (Å²) in [5, 5.41) is 16.0. The van der Waals surface area contributed by atoms with Crippen LogP contribution >= 0.6 is 0 Å². The van der Waals surface area contributed by atoms with E-state index < -0.39 is 23.8 Å². The van der Waals surface area contributed by atoms with Crippen LogP contribution in [0, 0.1) is 0 Å². The highest BCUT2D eigenvalue weighted by Crippen LogP contribution is 2.37. The molecule has 0 saturated carbocycles. The number of aromatic nitrogens is 1. The van der Waals surface area contributed by atoms with Gasteiger partial charge >= 0.3 is 0 Å². The molecule has 0 saturated heterocycles. The SMILES string of the molecule is CC(C)(O)c1cncc(S(N)(=O)=N[Si](C)(C)C(C)(C)C)c1. The average molecular weight is 330 g/mol. The Morgan fingerprint density at radius 2 is 1.76 bits per heavy atom. The number of hydrogen-bond donors (Lipinski definition) is 2. The third kappa shape index (κ3) is 4.35. The van der Waals surface area contributed by atoms with E-state index in [1.807, 2.05) is 13.1 Å². The first kappa shape index (κ1) is 18.3. The molecule has 1 atom stereocenters. The number of rotatable bonds is 3. The molecule has 21 heavy (non-hydrogen) atoms. The Kier molecular flexibility index (Phi) is 4.75. The van der Waals surface area contributed by atoms with Crippen LogP contribution in [0.1, 0.15) is 40.2 Å². The van der Waals surface area contributed by atoms with Crippen molar-refractivity contribution < 1.29 is 9.32 Å². The normalized spacial score (nSPS) is 16.4. The molecule has 0 aliphatic heterocycles. The largest absolute Gasteiger partial charge is 0.386 e. The number of pyridine rings is 1. The summed E-state index contributed by atoms with van der Waals surface area (Å²) in [7, 11) is -5.17. The molecule has 1 unspecified atom stereocenters. The lowest BCUT2D eigenvalue weighted by molar-refractivity contribution is 0.0780. The van der Waals surface area contributed by atoms with E-state index >= 15 is 0 Å². The molecule has 0 aliphatic carbocycles. The van der Waals surface area contributed by atoms with E-state index in [1.165, 1.54) is 6.20 Å². The zero-order valence-electron chi connectivity index (χ0n) is 14.0. The predicted molar refractivity (Wildman–Crippen MR) is 89.7 cm³/mol. The fourth-order valence-corrected chi connectivity index (χ4v) is 6.18. The van der Waals surface area contributed by atoms with Gasteiger partial charge in [-0.3, -0.25) is 9.01 Å². The van der Waals surface area contributed by atoms with E-state index in [1.54, 1.807) is 26.1 Å². The number of nitrogens with two attached hydrogens (primary N) is 1. The van der Waals surface area contributed by atoms with Crippen LogP contribution < -0.4 is 5.14 Å². The minimum absolute atomic E-state index is 0.0453. The van der Waals surface area contributed by atoms with Gasteiger partial charge in [0.05, 0.1) is 10.5 Å². The van der Waals surface area contributed by atoms with Crippen LogP contribution in [-0.4, -0.2) is 22.5 Å². The van der Waals surface area contributed by atoms with Gasteiger partial charge in [0.1, 0.15) is 9.92 Å². The van der Waals surface area contributed by atoms with Gasteiger partial charge in [0.15, 0.2) is 8.24 Å². The molecular formula is C14H27N3O2SSi. The first-order valence-corrected chi connectivity index (χ1v) is 11.4. The molecule has 5 nitrogen and oxygen atoms in total. The summed E-state index contributed by atoms with van der Waals surface area (Å²) in [6.45, 7) is 13.7. The number of nitrogens with zero attached hydrogens (tertiary/aromatic N) is 2. The maximum Gasteiger partial charge on any atom is 0.195 e. The molecule has 0 fully saturated rings. The van der Waals surface area contributed by atoms with Gasteiger partial charge in [-0.15, -0.1) is 0 Å². The zero-order chi connectivity index (χ0) is 16.7. The summed E-state index contributed by atoms with van der Waals surface area (Å²) < 4.78 is 17.4. The van der Waals surface area contributed by atoms with Crippen molar-refractivity contribution >= 4 is 18.2 Å². The molecule has 1 heterocycles. The summed E-state index contributed by atoms with van der Waals surface area (Å²) in [4.78, 5) is 4.41. The number of hydrogen-bond acceptors (Lipinski definition) is 4. The van der Waals surface area contributed by atoms with Crippen molar-refractivity contribution in [3.8, 4) is 0 Å². The summed E-state index contributed by atoms with van der Waals surface area (Å²) in [5.74, 6) is 0. The molecule has 1 aromatic heterocycles. The lowest BCUT2D eigenvalue weighted by Gasteiger charge is -2.32. The van der Waals surface area contributed by atoms with Gasteiger partial charge in [0, 0.05) is 18.0 Å². The summed E-state index contributed by atoms with van der Waals surface area (Å²) in [5.41, 5.74) is -0.487. The maximum absolute atomic E-state index is 12.9. The topological polar surface area (TPSA) is 88.6 Å². The molecule has 120 valence electrons. The van der Waals surface area contributed by atoms with Crippen LogP contribution in [0.4, 0.5) is 0 Å². The van der Waals surface area contributed by atoms with Crippen LogP contribution in [-0.2, 0) is 15.5 Å². The lowest BCUT2D eigenvalue weighted by Crippen LogP contribution is -2.37. The van der Waals surface area contributed by atoms with Crippen LogP contribution in [0.25, 0.3) is 0 Å². The van der Waals surface area contributed by atoms with Crippen molar-refractivity contribution in [3.63, 3.8) is 0 Å². The van der Waals surface area contributed by atoms with Crippen molar-refractivity contribution in [1.82, 2.24) is 4.98 Å². The Morgan fingerprint density at radius 3 is 2.19 bits per heavy atom. The second-order valence-corrected chi connectivity index (χ2v) is 14.4. The summed E-state index contributed by atoms with van der Waals surface area (Å²) in [6, 6.07) is 1.63. The first-order chi connectivity index (χ1) is 9.17. The van der Waals surface area contributed by atoms with Crippen LogP contribution in [0.15, 0.2) is 27.4 Å². The maximum atomic E-state index is 12.9. The Balaban J connectivity index is 3.42. The lowest BCUT2D eigenvalue weighted by atomic mass is 10.0. The monoisotopic (exact) mass is 329 g/mol. The molecule has 1 aromatic rings. The van der Waals surface area contributed by atoms with Gasteiger partial charge < -0.3 is 5.11 Å². The molecule has 3 N–H and O–H groups in total. The van der Waals surface area contributed by atoms with E-state index in [0.717, 1.165) is 0 Å². The molecule has 0 aromatic carbocycles. The third-order valence-corrected chi connectivity index (χ3v) is 11.4. The Labute approximate surface area is 129 Å². The van der Waals surface area contributed by atoms with Crippen LogP contribution in [0.2, 0.25) is 18.1 Å². The highest BCUT2D eigenvalue weighted by atomic mass is 32.2. The van der Waals surface area contributed by atoms with Gasteiger partial charge in [-0.1, -0.05) is 20.8 Å². The highest BCUT2D eigenvalue weighted by Gasteiger charge is 2.37. The van der Waals surface area contributed by atoms with E-state index in [-0.39, 0.29) is 5.04 Å². The quantitative estimate of drug-likeness (QED) is 0.835. The van der Waals surface area contributed by atoms with E-state index in [9.17, 15) is 9.32 Å². The molecule has 0 spiro atoms. The molecule has 0 amide bonds. The zero-order valence-corrected chi connectivity index (χ0v) is 15.8. The molecule has 7 heteroatoms. The van der Waals surface area contributed by atoms with E-state index in [2.05, 4.69) is 29.8 Å². The second-order valence-electron chi connectivity index (χ2n) is 7.44. The molecule has 1 rings (SSSR count). The van der Waals surface area contributed by atoms with Gasteiger partial charge in [-0.05, 0) is 38.0 Å². The molecule has 0 radical (unpaired) electrons. The Morgan fingerprint density at radius 1 is 1.24 bits per heavy atom. The van der Waals surface area contributed by atoms with Gasteiger partial charge in [0.25, 0.3) is 0 Å². The van der Waals surface area contributed by atoms with Crippen LogP contribution in [0.5, 0.6) is 0 Å².